The van der Waals surface area contributed by atoms with Crippen molar-refractivity contribution in [2.45, 2.75) is 38.3 Å². The molecule has 0 saturated heterocycles. The maximum atomic E-state index is 6.20. The zero-order chi connectivity index (χ0) is 27.7. The molecule has 0 aromatic heterocycles. The Kier molecular flexibility index (Phi) is 6.86. The van der Waals surface area contributed by atoms with E-state index in [2.05, 4.69) is 153 Å². The van der Waals surface area contributed by atoms with Gasteiger partial charge in [-0.15, -0.1) is 0 Å². The highest BCUT2D eigenvalue weighted by Crippen LogP contribution is 2.48. The monoisotopic (exact) mass is 539 g/mol. The first-order valence-corrected chi connectivity index (χ1v) is 14.3. The van der Waals surface area contributed by atoms with Gasteiger partial charge in [-0.2, -0.15) is 0 Å². The number of allylic oxidation sites excluding steroid dienone is 1. The molecule has 1 nitrogen and oxygen atoms in total. The van der Waals surface area contributed by atoms with Gasteiger partial charge in [0.2, 0.25) is 0 Å². The molecule has 0 aliphatic carbocycles. The normalized spacial score (nSPS) is 14.4. The van der Waals surface area contributed by atoms with Crippen LogP contribution in [0.4, 0.5) is 5.69 Å². The maximum Gasteiger partial charge on any atom is 0.0701 e. The van der Waals surface area contributed by atoms with Crippen LogP contribution in [-0.2, 0) is 12.0 Å². The number of fused-ring (bicyclic) bond motifs is 1. The van der Waals surface area contributed by atoms with Crippen molar-refractivity contribution >= 4 is 22.9 Å². The van der Waals surface area contributed by atoms with Crippen LogP contribution >= 0.6 is 11.6 Å². The largest absolute Gasteiger partial charge is 0.358 e. The zero-order valence-corrected chi connectivity index (χ0v) is 24.1. The molecule has 0 radical (unpaired) electrons. The molecule has 2 heteroatoms. The highest BCUT2D eigenvalue weighted by molar-refractivity contribution is 6.30. The van der Waals surface area contributed by atoms with E-state index in [9.17, 15) is 0 Å². The van der Waals surface area contributed by atoms with Crippen LogP contribution < -0.4 is 4.90 Å². The summed E-state index contributed by atoms with van der Waals surface area (Å²) in [4.78, 5) is 2.51. The fraction of sp³-hybridized carbons (Fsp3) is 0.158. The number of anilines is 1. The predicted octanol–water partition coefficient (Wildman–Crippen LogP) is 9.92. The summed E-state index contributed by atoms with van der Waals surface area (Å²) in [6.07, 6.45) is 2.41. The Balaban J connectivity index is 1.59. The first kappa shape index (κ1) is 26.2. The average Bonchev–Trinajstić information content (AvgIpc) is 2.98. The van der Waals surface area contributed by atoms with Gasteiger partial charge in [-0.05, 0) is 78.4 Å². The van der Waals surface area contributed by atoms with Gasteiger partial charge in [-0.3, -0.25) is 0 Å². The second-order valence-corrected chi connectivity index (χ2v) is 11.7. The van der Waals surface area contributed by atoms with Crippen LogP contribution in [0, 0.1) is 0 Å². The molecule has 1 heterocycles. The van der Waals surface area contributed by atoms with E-state index in [4.69, 9.17) is 11.6 Å². The lowest BCUT2D eigenvalue weighted by Gasteiger charge is -2.44. The first-order valence-electron chi connectivity index (χ1n) is 13.9. The summed E-state index contributed by atoms with van der Waals surface area (Å²) >= 11 is 6.20. The molecule has 0 unspecified atom stereocenters. The highest BCUT2D eigenvalue weighted by atomic mass is 35.5. The van der Waals surface area contributed by atoms with Crippen LogP contribution in [0.5, 0.6) is 0 Å². The molecule has 0 fully saturated rings. The quantitative estimate of drug-likeness (QED) is 0.194. The predicted molar refractivity (Wildman–Crippen MR) is 170 cm³/mol. The Hall–Kier alpha value is -4.07. The van der Waals surface area contributed by atoms with Crippen molar-refractivity contribution in [1.82, 2.24) is 0 Å². The number of halogens is 1. The van der Waals surface area contributed by atoms with E-state index >= 15 is 0 Å². The molecule has 40 heavy (non-hydrogen) atoms. The third-order valence-corrected chi connectivity index (χ3v) is 8.54. The third kappa shape index (κ3) is 4.55. The van der Waals surface area contributed by atoms with E-state index in [1.807, 2.05) is 12.1 Å². The van der Waals surface area contributed by atoms with Crippen molar-refractivity contribution in [2.24, 2.45) is 0 Å². The Morgan fingerprint density at radius 1 is 0.625 bits per heavy atom. The number of hydrogen-bond donors (Lipinski definition) is 0. The molecule has 1 aliphatic heterocycles. The van der Waals surface area contributed by atoms with Gasteiger partial charge in [-0.1, -0.05) is 127 Å². The minimum Gasteiger partial charge on any atom is -0.358 e. The van der Waals surface area contributed by atoms with Crippen LogP contribution in [0.3, 0.4) is 0 Å². The molecule has 5 aromatic rings. The third-order valence-electron chi connectivity index (χ3n) is 8.28. The minimum atomic E-state index is -0.465. The van der Waals surface area contributed by atoms with Crippen molar-refractivity contribution in [3.8, 4) is 0 Å². The summed E-state index contributed by atoms with van der Waals surface area (Å²) in [6.45, 7) is 7.65. The standard InChI is InChI=1S/C38H34ClN/c1-28-26-37(2,3)40(27-29-19-22-34(39)23-20-29)36-24-21-33(25-35(28)36)38(30-13-7-4-8-14-30,31-15-9-5-10-16-31)32-17-11-6-12-18-32/h4-26H,27H2,1-3H3. The minimum absolute atomic E-state index is 0.131. The smallest absolute Gasteiger partial charge is 0.0701 e. The van der Waals surface area contributed by atoms with Gasteiger partial charge in [0.15, 0.2) is 0 Å². The van der Waals surface area contributed by atoms with Gasteiger partial charge in [-0.25, -0.2) is 0 Å². The fourth-order valence-electron chi connectivity index (χ4n) is 6.44. The lowest BCUT2D eigenvalue weighted by atomic mass is 9.64. The van der Waals surface area contributed by atoms with E-state index in [-0.39, 0.29) is 5.54 Å². The van der Waals surface area contributed by atoms with Crippen LogP contribution in [0.25, 0.3) is 5.57 Å². The highest BCUT2D eigenvalue weighted by Gasteiger charge is 2.40. The number of rotatable bonds is 6. The van der Waals surface area contributed by atoms with Gasteiger partial charge >= 0.3 is 0 Å². The molecule has 1 aliphatic rings. The molecule has 6 rings (SSSR count). The summed E-state index contributed by atoms with van der Waals surface area (Å²) < 4.78 is 0. The Morgan fingerprint density at radius 2 is 1.12 bits per heavy atom. The molecule has 0 atom stereocenters. The summed E-state index contributed by atoms with van der Waals surface area (Å²) in [6, 6.07) is 48.1. The van der Waals surface area contributed by atoms with E-state index in [0.717, 1.165) is 11.6 Å². The molecule has 0 N–H and O–H groups in total. The van der Waals surface area contributed by atoms with Gasteiger partial charge in [0.1, 0.15) is 0 Å². The van der Waals surface area contributed by atoms with Gasteiger partial charge < -0.3 is 4.90 Å². The van der Waals surface area contributed by atoms with Crippen LogP contribution in [0.15, 0.2) is 140 Å². The number of benzene rings is 5. The molecule has 0 bridgehead atoms. The van der Waals surface area contributed by atoms with Crippen molar-refractivity contribution < 1.29 is 0 Å². The van der Waals surface area contributed by atoms with Crippen molar-refractivity contribution in [2.75, 3.05) is 4.90 Å². The second kappa shape index (κ2) is 10.5. The molecule has 0 saturated carbocycles. The average molecular weight is 540 g/mol. The summed E-state index contributed by atoms with van der Waals surface area (Å²) in [5, 5.41) is 0.765. The van der Waals surface area contributed by atoms with Crippen LogP contribution in [-0.4, -0.2) is 5.54 Å². The van der Waals surface area contributed by atoms with Crippen LogP contribution in [0.1, 0.15) is 54.2 Å². The summed E-state index contributed by atoms with van der Waals surface area (Å²) in [7, 11) is 0. The first-order chi connectivity index (χ1) is 19.4. The molecule has 0 spiro atoms. The Morgan fingerprint density at radius 3 is 1.62 bits per heavy atom. The molecule has 198 valence electrons. The van der Waals surface area contributed by atoms with Gasteiger partial charge in [0, 0.05) is 22.8 Å². The SMILES string of the molecule is CC1=CC(C)(C)N(Cc2ccc(Cl)cc2)c2ccc(C(c3ccccc3)(c3ccccc3)c3ccccc3)cc21. The zero-order valence-electron chi connectivity index (χ0n) is 23.3. The van der Waals surface area contributed by atoms with E-state index in [1.165, 1.54) is 44.6 Å². The topological polar surface area (TPSA) is 3.24 Å². The fourth-order valence-corrected chi connectivity index (χ4v) is 6.57. The Bertz CT molecular complexity index is 1540. The van der Waals surface area contributed by atoms with Crippen molar-refractivity contribution in [3.05, 3.63) is 178 Å². The number of nitrogens with zero attached hydrogens (tertiary/aromatic N) is 1. The maximum absolute atomic E-state index is 6.20. The van der Waals surface area contributed by atoms with Crippen molar-refractivity contribution in [1.29, 1.82) is 0 Å². The van der Waals surface area contributed by atoms with Crippen LogP contribution in [0.2, 0.25) is 5.02 Å². The van der Waals surface area contributed by atoms with Crippen molar-refractivity contribution in [3.63, 3.8) is 0 Å². The Labute approximate surface area is 243 Å². The van der Waals surface area contributed by atoms with Gasteiger partial charge in [0.05, 0.1) is 11.0 Å². The van der Waals surface area contributed by atoms with E-state index in [1.54, 1.807) is 0 Å². The van der Waals surface area contributed by atoms with E-state index < -0.39 is 5.41 Å². The number of hydrogen-bond acceptors (Lipinski definition) is 1. The molecule has 0 amide bonds. The molecular formula is C38H34ClN. The van der Waals surface area contributed by atoms with E-state index in [0.29, 0.717) is 0 Å². The lowest BCUT2D eigenvalue weighted by Crippen LogP contribution is -2.44. The summed E-state index contributed by atoms with van der Waals surface area (Å²) in [5.41, 5.74) is 9.50. The van der Waals surface area contributed by atoms with Gasteiger partial charge in [0.25, 0.3) is 0 Å². The second-order valence-electron chi connectivity index (χ2n) is 11.3. The molecular weight excluding hydrogens is 506 g/mol. The molecule has 5 aromatic carbocycles. The summed E-state index contributed by atoms with van der Waals surface area (Å²) in [5.74, 6) is 0. The lowest BCUT2D eigenvalue weighted by molar-refractivity contribution is 0.551.